The molecule has 1 aromatic heterocycles. The molecule has 6 heteroatoms. The Bertz CT molecular complexity index is 878. The molecular formula is C24H34N4O2. The smallest absolute Gasteiger partial charge is 0.322 e. The number of para-hydroxylation sites is 1. The van der Waals surface area contributed by atoms with Gasteiger partial charge in [0.15, 0.2) is 0 Å². The maximum absolute atomic E-state index is 13.2. The molecule has 6 nitrogen and oxygen atoms in total. The standard InChI is InChI=1S/C24H34N4O2/c1-17(2)14-27(15-21-10-7-13-26(21)5)22(29)16-28(20-11-12-20)24(30)25-23-18(3)8-6-9-19(23)4/h6-10,13,17,20H,11-12,14-16H2,1-5H3,(H,25,30). The van der Waals surface area contributed by atoms with Crippen LogP contribution in [0.25, 0.3) is 0 Å². The molecule has 0 unspecified atom stereocenters. The first kappa shape index (κ1) is 21.9. The van der Waals surface area contributed by atoms with Gasteiger partial charge in [0.2, 0.25) is 5.91 Å². The average molecular weight is 411 g/mol. The normalized spacial score (nSPS) is 13.4. The van der Waals surface area contributed by atoms with Crippen LogP contribution in [0, 0.1) is 19.8 Å². The van der Waals surface area contributed by atoms with Gasteiger partial charge in [-0.2, -0.15) is 0 Å². The molecule has 1 saturated carbocycles. The molecule has 0 bridgehead atoms. The first-order valence-electron chi connectivity index (χ1n) is 10.8. The highest BCUT2D eigenvalue weighted by Crippen LogP contribution is 2.28. The van der Waals surface area contributed by atoms with Gasteiger partial charge in [0.1, 0.15) is 6.54 Å². The van der Waals surface area contributed by atoms with Crippen molar-refractivity contribution in [3.05, 3.63) is 53.3 Å². The van der Waals surface area contributed by atoms with Crippen molar-refractivity contribution in [2.24, 2.45) is 13.0 Å². The van der Waals surface area contributed by atoms with Gasteiger partial charge in [-0.25, -0.2) is 4.79 Å². The molecule has 0 spiro atoms. The van der Waals surface area contributed by atoms with Crippen molar-refractivity contribution < 1.29 is 9.59 Å². The zero-order chi connectivity index (χ0) is 21.8. The summed E-state index contributed by atoms with van der Waals surface area (Å²) in [4.78, 5) is 29.9. The predicted octanol–water partition coefficient (Wildman–Crippen LogP) is 4.32. The summed E-state index contributed by atoms with van der Waals surface area (Å²) in [5.41, 5.74) is 3.97. The van der Waals surface area contributed by atoms with Crippen LogP contribution < -0.4 is 5.32 Å². The third-order valence-electron chi connectivity index (χ3n) is 5.61. The summed E-state index contributed by atoms with van der Waals surface area (Å²) in [6.45, 7) is 9.52. The molecule has 1 aliphatic rings. The molecule has 3 rings (SSSR count). The third kappa shape index (κ3) is 5.43. The Kier molecular flexibility index (Phi) is 6.85. The van der Waals surface area contributed by atoms with Gasteiger partial charge in [0, 0.05) is 37.2 Å². The molecule has 2 aromatic rings. The van der Waals surface area contributed by atoms with E-state index in [0.29, 0.717) is 19.0 Å². The van der Waals surface area contributed by atoms with Crippen LogP contribution in [-0.4, -0.2) is 45.4 Å². The van der Waals surface area contributed by atoms with E-state index in [-0.39, 0.29) is 24.5 Å². The second-order valence-corrected chi connectivity index (χ2v) is 8.83. The van der Waals surface area contributed by atoms with E-state index in [9.17, 15) is 9.59 Å². The van der Waals surface area contributed by atoms with Gasteiger partial charge < -0.3 is 19.7 Å². The zero-order valence-electron chi connectivity index (χ0n) is 18.8. The van der Waals surface area contributed by atoms with E-state index in [1.807, 2.05) is 66.9 Å². The highest BCUT2D eigenvalue weighted by Gasteiger charge is 2.35. The number of nitrogens with zero attached hydrogens (tertiary/aromatic N) is 3. The molecular weight excluding hydrogens is 376 g/mol. The fourth-order valence-electron chi connectivity index (χ4n) is 3.74. The van der Waals surface area contributed by atoms with Gasteiger partial charge >= 0.3 is 6.03 Å². The lowest BCUT2D eigenvalue weighted by Crippen LogP contribution is -2.46. The minimum Gasteiger partial charge on any atom is -0.353 e. The second-order valence-electron chi connectivity index (χ2n) is 8.83. The summed E-state index contributed by atoms with van der Waals surface area (Å²) in [5, 5.41) is 3.05. The summed E-state index contributed by atoms with van der Waals surface area (Å²) in [7, 11) is 1.99. The highest BCUT2D eigenvalue weighted by atomic mass is 16.2. The molecule has 0 atom stereocenters. The average Bonchev–Trinajstić information content (AvgIpc) is 3.44. The molecule has 0 aliphatic heterocycles. The Morgan fingerprint density at radius 1 is 1.13 bits per heavy atom. The first-order chi connectivity index (χ1) is 14.3. The van der Waals surface area contributed by atoms with Crippen LogP contribution in [0.15, 0.2) is 36.5 Å². The van der Waals surface area contributed by atoms with Crippen LogP contribution >= 0.6 is 0 Å². The lowest BCUT2D eigenvalue weighted by molar-refractivity contribution is -0.133. The predicted molar refractivity (Wildman–Crippen MR) is 120 cm³/mol. The Balaban J connectivity index is 1.73. The van der Waals surface area contributed by atoms with Crippen molar-refractivity contribution in [2.45, 2.75) is 53.1 Å². The van der Waals surface area contributed by atoms with E-state index in [0.717, 1.165) is 35.3 Å². The number of rotatable bonds is 8. The molecule has 1 N–H and O–H groups in total. The van der Waals surface area contributed by atoms with Crippen molar-refractivity contribution in [1.82, 2.24) is 14.4 Å². The number of nitrogens with one attached hydrogen (secondary N) is 1. The number of urea groups is 1. The lowest BCUT2D eigenvalue weighted by atomic mass is 10.1. The topological polar surface area (TPSA) is 57.6 Å². The summed E-state index contributed by atoms with van der Waals surface area (Å²) in [6, 6.07) is 9.93. The zero-order valence-corrected chi connectivity index (χ0v) is 18.8. The van der Waals surface area contributed by atoms with Crippen LogP contribution in [-0.2, 0) is 18.4 Å². The number of benzene rings is 1. The number of hydrogen-bond acceptors (Lipinski definition) is 2. The molecule has 3 amide bonds. The second kappa shape index (κ2) is 9.37. The van der Waals surface area contributed by atoms with Gasteiger partial charge in [-0.3, -0.25) is 4.79 Å². The number of aryl methyl sites for hydroxylation is 3. The molecule has 1 aromatic carbocycles. The molecule has 0 saturated heterocycles. The highest BCUT2D eigenvalue weighted by molar-refractivity contribution is 5.94. The monoisotopic (exact) mass is 410 g/mol. The van der Waals surface area contributed by atoms with Crippen molar-refractivity contribution in [3.63, 3.8) is 0 Å². The van der Waals surface area contributed by atoms with Crippen LogP contribution in [0.4, 0.5) is 10.5 Å². The maximum Gasteiger partial charge on any atom is 0.322 e. The van der Waals surface area contributed by atoms with E-state index >= 15 is 0 Å². The molecule has 1 aliphatic carbocycles. The Labute approximate surface area is 179 Å². The van der Waals surface area contributed by atoms with Crippen molar-refractivity contribution in [3.8, 4) is 0 Å². The Hall–Kier alpha value is -2.76. The summed E-state index contributed by atoms with van der Waals surface area (Å²) in [5.74, 6) is 0.348. The van der Waals surface area contributed by atoms with Crippen LogP contribution in [0.1, 0.15) is 43.5 Å². The largest absolute Gasteiger partial charge is 0.353 e. The van der Waals surface area contributed by atoms with Gasteiger partial charge in [-0.05, 0) is 55.9 Å². The quantitative estimate of drug-likeness (QED) is 0.704. The number of carbonyl (C=O) groups excluding carboxylic acids is 2. The van der Waals surface area contributed by atoms with E-state index in [4.69, 9.17) is 0 Å². The van der Waals surface area contributed by atoms with Crippen molar-refractivity contribution in [2.75, 3.05) is 18.4 Å². The fourth-order valence-corrected chi connectivity index (χ4v) is 3.74. The van der Waals surface area contributed by atoms with Gasteiger partial charge in [-0.15, -0.1) is 0 Å². The number of amides is 3. The number of carbonyl (C=O) groups is 2. The van der Waals surface area contributed by atoms with Crippen LogP contribution in [0.5, 0.6) is 0 Å². The van der Waals surface area contributed by atoms with Crippen molar-refractivity contribution in [1.29, 1.82) is 0 Å². The Morgan fingerprint density at radius 3 is 2.33 bits per heavy atom. The lowest BCUT2D eigenvalue weighted by Gasteiger charge is -2.29. The minimum atomic E-state index is -0.188. The Morgan fingerprint density at radius 2 is 1.80 bits per heavy atom. The summed E-state index contributed by atoms with van der Waals surface area (Å²) >= 11 is 0. The maximum atomic E-state index is 13.2. The minimum absolute atomic E-state index is 0.00606. The molecule has 1 fully saturated rings. The van der Waals surface area contributed by atoms with E-state index in [1.165, 1.54) is 0 Å². The summed E-state index contributed by atoms with van der Waals surface area (Å²) < 4.78 is 2.03. The van der Waals surface area contributed by atoms with Crippen molar-refractivity contribution >= 4 is 17.6 Å². The molecule has 1 heterocycles. The van der Waals surface area contributed by atoms with E-state index in [1.54, 1.807) is 4.90 Å². The number of anilines is 1. The number of hydrogen-bond donors (Lipinski definition) is 1. The van der Waals surface area contributed by atoms with Gasteiger partial charge in [0.05, 0.1) is 6.54 Å². The SMILES string of the molecule is Cc1cccc(C)c1NC(=O)N(CC(=O)N(Cc1cccn1C)CC(C)C)C1CC1. The van der Waals surface area contributed by atoms with Crippen LogP contribution in [0.2, 0.25) is 0 Å². The van der Waals surface area contributed by atoms with E-state index < -0.39 is 0 Å². The van der Waals surface area contributed by atoms with E-state index in [2.05, 4.69) is 19.2 Å². The summed E-state index contributed by atoms with van der Waals surface area (Å²) in [6.07, 6.45) is 3.90. The van der Waals surface area contributed by atoms with Gasteiger partial charge in [0.25, 0.3) is 0 Å². The third-order valence-corrected chi connectivity index (χ3v) is 5.61. The van der Waals surface area contributed by atoms with Gasteiger partial charge in [-0.1, -0.05) is 32.0 Å². The molecule has 30 heavy (non-hydrogen) atoms. The van der Waals surface area contributed by atoms with Crippen LogP contribution in [0.3, 0.4) is 0 Å². The molecule has 162 valence electrons. The first-order valence-corrected chi connectivity index (χ1v) is 10.8. The fraction of sp³-hybridized carbons (Fsp3) is 0.500. The molecule has 0 radical (unpaired) electrons. The number of aromatic nitrogens is 1.